The first-order chi connectivity index (χ1) is 11.1. The van der Waals surface area contributed by atoms with Crippen LogP contribution in [0.3, 0.4) is 0 Å². The Bertz CT molecular complexity index is 650. The lowest BCUT2D eigenvalue weighted by molar-refractivity contribution is -0.120. The van der Waals surface area contributed by atoms with E-state index in [0.29, 0.717) is 19.4 Å². The predicted molar refractivity (Wildman–Crippen MR) is 91.1 cm³/mol. The van der Waals surface area contributed by atoms with Gasteiger partial charge >= 0.3 is 0 Å². The van der Waals surface area contributed by atoms with E-state index in [1.165, 1.54) is 5.56 Å². The molecule has 0 aromatic heterocycles. The van der Waals surface area contributed by atoms with E-state index in [2.05, 4.69) is 5.32 Å². The molecule has 0 saturated heterocycles. The molecule has 2 aromatic rings. The zero-order chi connectivity index (χ0) is 16.7. The van der Waals surface area contributed by atoms with Crippen LogP contribution >= 0.6 is 0 Å². The molecule has 122 valence electrons. The molecule has 4 heteroatoms. The lowest BCUT2D eigenvalue weighted by Gasteiger charge is -2.11. The van der Waals surface area contributed by atoms with Crippen molar-refractivity contribution in [1.82, 2.24) is 5.32 Å². The Kier molecular flexibility index (Phi) is 6.03. The first-order valence-corrected chi connectivity index (χ1v) is 7.65. The van der Waals surface area contributed by atoms with E-state index in [9.17, 15) is 4.79 Å². The van der Waals surface area contributed by atoms with Crippen molar-refractivity contribution in [2.45, 2.75) is 19.8 Å². The van der Waals surface area contributed by atoms with Crippen molar-refractivity contribution in [2.24, 2.45) is 0 Å². The summed E-state index contributed by atoms with van der Waals surface area (Å²) in [7, 11) is 3.26. The molecule has 23 heavy (non-hydrogen) atoms. The van der Waals surface area contributed by atoms with E-state index in [-0.39, 0.29) is 5.91 Å². The molecule has 1 amide bonds. The van der Waals surface area contributed by atoms with Gasteiger partial charge in [0.15, 0.2) is 0 Å². The normalized spacial score (nSPS) is 10.2. The van der Waals surface area contributed by atoms with Gasteiger partial charge in [-0.15, -0.1) is 0 Å². The molecule has 0 aliphatic rings. The van der Waals surface area contributed by atoms with Gasteiger partial charge in [-0.3, -0.25) is 4.79 Å². The number of hydrogen-bond acceptors (Lipinski definition) is 3. The van der Waals surface area contributed by atoms with Gasteiger partial charge in [-0.1, -0.05) is 35.9 Å². The molecule has 0 aliphatic carbocycles. The van der Waals surface area contributed by atoms with Crippen molar-refractivity contribution in [2.75, 3.05) is 20.8 Å². The third-order valence-corrected chi connectivity index (χ3v) is 3.70. The van der Waals surface area contributed by atoms with Gasteiger partial charge in [0.05, 0.1) is 20.6 Å². The van der Waals surface area contributed by atoms with E-state index in [4.69, 9.17) is 9.47 Å². The summed E-state index contributed by atoms with van der Waals surface area (Å²) in [6.45, 7) is 2.61. The molecule has 2 rings (SSSR count). The number of benzene rings is 2. The van der Waals surface area contributed by atoms with Crippen LogP contribution in [0.15, 0.2) is 42.5 Å². The van der Waals surface area contributed by atoms with Gasteiger partial charge in [-0.2, -0.15) is 0 Å². The summed E-state index contributed by atoms with van der Waals surface area (Å²) < 4.78 is 10.5. The number of amides is 1. The minimum absolute atomic E-state index is 0.0290. The monoisotopic (exact) mass is 313 g/mol. The molecular formula is C19H23NO3. The van der Waals surface area contributed by atoms with Crippen LogP contribution in [-0.2, 0) is 17.6 Å². The molecule has 0 fully saturated rings. The summed E-state index contributed by atoms with van der Waals surface area (Å²) in [5, 5.41) is 2.95. The van der Waals surface area contributed by atoms with Crippen molar-refractivity contribution in [3.8, 4) is 11.5 Å². The molecule has 0 atom stereocenters. The Morgan fingerprint density at radius 1 is 1.04 bits per heavy atom. The van der Waals surface area contributed by atoms with E-state index < -0.39 is 0 Å². The summed E-state index contributed by atoms with van der Waals surface area (Å²) in [5.41, 5.74) is 3.26. The first kappa shape index (κ1) is 16.9. The van der Waals surface area contributed by atoms with E-state index in [0.717, 1.165) is 22.6 Å². The highest BCUT2D eigenvalue weighted by Gasteiger charge is 2.07. The summed E-state index contributed by atoms with van der Waals surface area (Å²) in [6.07, 6.45) is 1.12. The SMILES string of the molecule is COc1ccc(CCNC(=O)Cc2ccc(C)cc2)c(OC)c1. The molecular weight excluding hydrogens is 290 g/mol. The quantitative estimate of drug-likeness (QED) is 0.855. The van der Waals surface area contributed by atoms with Crippen LogP contribution in [0.4, 0.5) is 0 Å². The maximum Gasteiger partial charge on any atom is 0.224 e. The average Bonchev–Trinajstić information content (AvgIpc) is 2.57. The van der Waals surface area contributed by atoms with Gasteiger partial charge in [-0.25, -0.2) is 0 Å². The molecule has 0 bridgehead atoms. The average molecular weight is 313 g/mol. The number of carbonyl (C=O) groups excluding carboxylic acids is 1. The van der Waals surface area contributed by atoms with E-state index in [1.807, 2.05) is 49.4 Å². The highest BCUT2D eigenvalue weighted by atomic mass is 16.5. The smallest absolute Gasteiger partial charge is 0.224 e. The molecule has 2 aromatic carbocycles. The van der Waals surface area contributed by atoms with Gasteiger partial charge in [0, 0.05) is 12.6 Å². The number of methoxy groups -OCH3 is 2. The van der Waals surface area contributed by atoms with Crippen molar-refractivity contribution in [1.29, 1.82) is 0 Å². The van der Waals surface area contributed by atoms with Crippen LogP contribution in [0, 0.1) is 6.92 Å². The molecule has 0 saturated carbocycles. The van der Waals surface area contributed by atoms with Crippen LogP contribution in [-0.4, -0.2) is 26.7 Å². The van der Waals surface area contributed by atoms with Crippen molar-refractivity contribution in [3.63, 3.8) is 0 Å². The lowest BCUT2D eigenvalue weighted by atomic mass is 10.1. The number of carbonyl (C=O) groups is 1. The second-order valence-electron chi connectivity index (χ2n) is 5.44. The molecule has 1 N–H and O–H groups in total. The van der Waals surface area contributed by atoms with Crippen LogP contribution in [0.2, 0.25) is 0 Å². The Morgan fingerprint density at radius 2 is 1.78 bits per heavy atom. The van der Waals surface area contributed by atoms with Crippen molar-refractivity contribution in [3.05, 3.63) is 59.2 Å². The van der Waals surface area contributed by atoms with Gasteiger partial charge in [0.25, 0.3) is 0 Å². The Hall–Kier alpha value is -2.49. The topological polar surface area (TPSA) is 47.6 Å². The van der Waals surface area contributed by atoms with Gasteiger partial charge in [0.1, 0.15) is 11.5 Å². The number of aryl methyl sites for hydroxylation is 1. The summed E-state index contributed by atoms with van der Waals surface area (Å²) >= 11 is 0. The summed E-state index contributed by atoms with van der Waals surface area (Å²) in [4.78, 5) is 12.0. The van der Waals surface area contributed by atoms with Crippen molar-refractivity contribution >= 4 is 5.91 Å². The minimum atomic E-state index is 0.0290. The van der Waals surface area contributed by atoms with Gasteiger partial charge < -0.3 is 14.8 Å². The standard InChI is InChI=1S/C19H23NO3/c1-14-4-6-15(7-5-14)12-19(21)20-11-10-16-8-9-17(22-2)13-18(16)23-3/h4-9,13H,10-12H2,1-3H3,(H,20,21). The largest absolute Gasteiger partial charge is 0.497 e. The van der Waals surface area contributed by atoms with Crippen LogP contribution < -0.4 is 14.8 Å². The number of rotatable bonds is 7. The van der Waals surface area contributed by atoms with Gasteiger partial charge in [0.2, 0.25) is 5.91 Å². The summed E-state index contributed by atoms with van der Waals surface area (Å²) in [6, 6.07) is 13.7. The molecule has 0 heterocycles. The highest BCUT2D eigenvalue weighted by Crippen LogP contribution is 2.24. The molecule has 0 aliphatic heterocycles. The van der Waals surface area contributed by atoms with Gasteiger partial charge in [-0.05, 0) is 30.5 Å². The van der Waals surface area contributed by atoms with E-state index in [1.54, 1.807) is 14.2 Å². The minimum Gasteiger partial charge on any atom is -0.497 e. The van der Waals surface area contributed by atoms with E-state index >= 15 is 0 Å². The molecule has 0 spiro atoms. The Balaban J connectivity index is 1.84. The van der Waals surface area contributed by atoms with Crippen LogP contribution in [0.5, 0.6) is 11.5 Å². The highest BCUT2D eigenvalue weighted by molar-refractivity contribution is 5.78. The number of nitrogens with one attached hydrogen (secondary N) is 1. The number of hydrogen-bond donors (Lipinski definition) is 1. The van der Waals surface area contributed by atoms with Crippen LogP contribution in [0.1, 0.15) is 16.7 Å². The zero-order valence-corrected chi connectivity index (χ0v) is 13.9. The third kappa shape index (κ3) is 5.02. The molecule has 0 unspecified atom stereocenters. The summed E-state index contributed by atoms with van der Waals surface area (Å²) in [5.74, 6) is 1.56. The fraction of sp³-hybridized carbons (Fsp3) is 0.316. The second kappa shape index (κ2) is 8.22. The predicted octanol–water partition coefficient (Wildman–Crippen LogP) is 2.91. The number of ether oxygens (including phenoxy) is 2. The van der Waals surface area contributed by atoms with Crippen molar-refractivity contribution < 1.29 is 14.3 Å². The third-order valence-electron chi connectivity index (χ3n) is 3.70. The fourth-order valence-electron chi connectivity index (χ4n) is 2.35. The zero-order valence-electron chi connectivity index (χ0n) is 13.9. The maximum atomic E-state index is 12.0. The maximum absolute atomic E-state index is 12.0. The Morgan fingerprint density at radius 3 is 2.43 bits per heavy atom. The second-order valence-corrected chi connectivity index (χ2v) is 5.44. The fourth-order valence-corrected chi connectivity index (χ4v) is 2.35. The first-order valence-electron chi connectivity index (χ1n) is 7.65. The Labute approximate surface area is 137 Å². The lowest BCUT2D eigenvalue weighted by Crippen LogP contribution is -2.27. The molecule has 0 radical (unpaired) electrons. The molecule has 4 nitrogen and oxygen atoms in total. The van der Waals surface area contributed by atoms with Crippen LogP contribution in [0.25, 0.3) is 0 Å².